The van der Waals surface area contributed by atoms with E-state index in [4.69, 9.17) is 16.3 Å². The number of rotatable bonds is 3. The Bertz CT molecular complexity index is 596. The first-order valence-electron chi connectivity index (χ1n) is 5.29. The number of hydrogen-bond acceptors (Lipinski definition) is 2. The van der Waals surface area contributed by atoms with Gasteiger partial charge in [0.05, 0.1) is 5.02 Å². The molecule has 0 aromatic heterocycles. The minimum atomic E-state index is -0.432. The van der Waals surface area contributed by atoms with Gasteiger partial charge in [0.25, 0.3) is 0 Å². The summed E-state index contributed by atoms with van der Waals surface area (Å²) >= 11 is 5.91. The molecule has 0 aliphatic rings. The maximum atomic E-state index is 13.1. The Morgan fingerprint density at radius 2 is 1.94 bits per heavy atom. The lowest BCUT2D eigenvalue weighted by Crippen LogP contribution is -1.91. The number of benzene rings is 2. The summed E-state index contributed by atoms with van der Waals surface area (Å²) in [6, 6.07) is 8.91. The van der Waals surface area contributed by atoms with Crippen molar-refractivity contribution < 1.29 is 13.9 Å². The number of aryl methyl sites for hydroxylation is 1. The topological polar surface area (TPSA) is 26.3 Å². The molecule has 18 heavy (non-hydrogen) atoms. The molecule has 0 spiro atoms. The van der Waals surface area contributed by atoms with Crippen LogP contribution in [0.4, 0.5) is 4.39 Å². The fourth-order valence-electron chi connectivity index (χ4n) is 1.47. The fourth-order valence-corrected chi connectivity index (χ4v) is 1.63. The van der Waals surface area contributed by atoms with E-state index in [1.807, 2.05) is 6.92 Å². The smallest absolute Gasteiger partial charge is 0.150 e. The van der Waals surface area contributed by atoms with Crippen molar-refractivity contribution in [3.8, 4) is 11.5 Å². The van der Waals surface area contributed by atoms with Gasteiger partial charge in [-0.15, -0.1) is 0 Å². The number of ether oxygens (including phenoxy) is 1. The van der Waals surface area contributed by atoms with Gasteiger partial charge >= 0.3 is 0 Å². The summed E-state index contributed by atoms with van der Waals surface area (Å²) in [5, 5.41) is 0.312. The van der Waals surface area contributed by atoms with Crippen LogP contribution in [-0.4, -0.2) is 6.29 Å². The molecule has 0 radical (unpaired) electrons. The Morgan fingerprint density at radius 3 is 2.67 bits per heavy atom. The maximum Gasteiger partial charge on any atom is 0.150 e. The Morgan fingerprint density at radius 1 is 1.17 bits per heavy atom. The first-order chi connectivity index (χ1) is 8.60. The summed E-state index contributed by atoms with van der Waals surface area (Å²) in [4.78, 5) is 10.7. The number of aldehydes is 1. The Kier molecular flexibility index (Phi) is 3.63. The van der Waals surface area contributed by atoms with Crippen molar-refractivity contribution in [3.05, 3.63) is 58.4 Å². The van der Waals surface area contributed by atoms with Gasteiger partial charge in [-0.25, -0.2) is 4.39 Å². The Labute approximate surface area is 109 Å². The highest BCUT2D eigenvalue weighted by Gasteiger charge is 2.07. The molecule has 0 saturated heterocycles. The van der Waals surface area contributed by atoms with Crippen LogP contribution in [-0.2, 0) is 0 Å². The quantitative estimate of drug-likeness (QED) is 0.769. The van der Waals surface area contributed by atoms with E-state index >= 15 is 0 Å². The summed E-state index contributed by atoms with van der Waals surface area (Å²) in [6.07, 6.45) is 0.722. The SMILES string of the molecule is Cc1ccc(C=O)cc1Oc1cc(F)ccc1Cl. The molecule has 0 aliphatic carbocycles. The van der Waals surface area contributed by atoms with Gasteiger partial charge in [-0.3, -0.25) is 4.79 Å². The average Bonchev–Trinajstić information content (AvgIpc) is 2.36. The molecule has 0 aliphatic heterocycles. The summed E-state index contributed by atoms with van der Waals surface area (Å²) < 4.78 is 18.6. The van der Waals surface area contributed by atoms with Gasteiger partial charge in [0.15, 0.2) is 0 Å². The highest BCUT2D eigenvalue weighted by atomic mass is 35.5. The van der Waals surface area contributed by atoms with Crippen LogP contribution in [0.1, 0.15) is 15.9 Å². The summed E-state index contributed by atoms with van der Waals surface area (Å²) in [5.74, 6) is 0.272. The molecular formula is C14H10ClFO2. The second-order valence-corrected chi connectivity index (χ2v) is 4.23. The molecule has 0 N–H and O–H groups in total. The molecule has 4 heteroatoms. The van der Waals surface area contributed by atoms with Crippen LogP contribution in [0.2, 0.25) is 5.02 Å². The molecule has 0 atom stereocenters. The van der Waals surface area contributed by atoms with Crippen LogP contribution in [0.25, 0.3) is 0 Å². The van der Waals surface area contributed by atoms with Gasteiger partial charge in [-0.1, -0.05) is 23.7 Å². The van der Waals surface area contributed by atoms with E-state index in [2.05, 4.69) is 0 Å². The second kappa shape index (κ2) is 5.19. The third-order valence-electron chi connectivity index (χ3n) is 2.46. The van der Waals surface area contributed by atoms with E-state index in [1.165, 1.54) is 18.2 Å². The van der Waals surface area contributed by atoms with E-state index in [0.29, 0.717) is 16.3 Å². The normalized spacial score (nSPS) is 10.2. The van der Waals surface area contributed by atoms with E-state index in [-0.39, 0.29) is 5.75 Å². The standard InChI is InChI=1S/C14H10ClFO2/c1-9-2-3-10(8-17)6-13(9)18-14-7-11(16)4-5-12(14)15/h2-8H,1H3. The fraction of sp³-hybridized carbons (Fsp3) is 0.0714. The van der Waals surface area contributed by atoms with Gasteiger partial charge in [-0.2, -0.15) is 0 Å². The van der Waals surface area contributed by atoms with Crippen molar-refractivity contribution >= 4 is 17.9 Å². The number of halogens is 2. The Balaban J connectivity index is 2.38. The predicted octanol–water partition coefficient (Wildman–Crippen LogP) is 4.39. The van der Waals surface area contributed by atoms with Gasteiger partial charge in [0.2, 0.25) is 0 Å². The van der Waals surface area contributed by atoms with Gasteiger partial charge in [0, 0.05) is 11.6 Å². The second-order valence-electron chi connectivity index (χ2n) is 3.82. The number of carbonyl (C=O) groups excluding carboxylic acids is 1. The molecule has 2 nitrogen and oxygen atoms in total. The number of carbonyl (C=O) groups is 1. The van der Waals surface area contributed by atoms with Crippen LogP contribution in [0.15, 0.2) is 36.4 Å². The van der Waals surface area contributed by atoms with Crippen molar-refractivity contribution in [1.82, 2.24) is 0 Å². The van der Waals surface area contributed by atoms with E-state index in [0.717, 1.165) is 11.8 Å². The summed E-state index contributed by atoms with van der Waals surface area (Å²) in [6.45, 7) is 1.83. The molecule has 2 aromatic rings. The van der Waals surface area contributed by atoms with Gasteiger partial charge < -0.3 is 4.74 Å². The van der Waals surface area contributed by atoms with Crippen molar-refractivity contribution in [3.63, 3.8) is 0 Å². The third-order valence-corrected chi connectivity index (χ3v) is 2.77. The molecule has 0 unspecified atom stereocenters. The highest BCUT2D eigenvalue weighted by molar-refractivity contribution is 6.32. The minimum absolute atomic E-state index is 0.225. The van der Waals surface area contributed by atoms with Crippen molar-refractivity contribution in [2.45, 2.75) is 6.92 Å². The molecule has 0 fully saturated rings. The van der Waals surface area contributed by atoms with Gasteiger partial charge in [-0.05, 0) is 30.7 Å². The van der Waals surface area contributed by atoms with Crippen LogP contribution < -0.4 is 4.74 Å². The zero-order valence-corrected chi connectivity index (χ0v) is 10.4. The lowest BCUT2D eigenvalue weighted by atomic mass is 10.1. The average molecular weight is 265 g/mol. The molecule has 92 valence electrons. The first kappa shape index (κ1) is 12.6. The molecule has 0 saturated carbocycles. The van der Waals surface area contributed by atoms with Crippen LogP contribution in [0, 0.1) is 12.7 Å². The molecular weight excluding hydrogens is 255 g/mol. The van der Waals surface area contributed by atoms with Gasteiger partial charge in [0.1, 0.15) is 23.6 Å². The lowest BCUT2D eigenvalue weighted by Gasteiger charge is -2.10. The first-order valence-corrected chi connectivity index (χ1v) is 5.66. The largest absolute Gasteiger partial charge is 0.455 e. The number of hydrogen-bond donors (Lipinski definition) is 0. The predicted molar refractivity (Wildman–Crippen MR) is 68.1 cm³/mol. The zero-order valence-electron chi connectivity index (χ0n) is 9.61. The third kappa shape index (κ3) is 2.68. The van der Waals surface area contributed by atoms with Crippen molar-refractivity contribution in [1.29, 1.82) is 0 Å². The van der Waals surface area contributed by atoms with Crippen LogP contribution >= 0.6 is 11.6 Å². The lowest BCUT2D eigenvalue weighted by molar-refractivity contribution is 0.112. The molecule has 2 aromatic carbocycles. The van der Waals surface area contributed by atoms with Crippen molar-refractivity contribution in [2.75, 3.05) is 0 Å². The monoisotopic (exact) mass is 264 g/mol. The molecule has 2 rings (SSSR count). The molecule has 0 amide bonds. The van der Waals surface area contributed by atoms with E-state index < -0.39 is 5.82 Å². The maximum absolute atomic E-state index is 13.1. The van der Waals surface area contributed by atoms with Crippen molar-refractivity contribution in [2.24, 2.45) is 0 Å². The van der Waals surface area contributed by atoms with E-state index in [1.54, 1.807) is 18.2 Å². The zero-order chi connectivity index (χ0) is 13.1. The summed E-state index contributed by atoms with van der Waals surface area (Å²) in [5.41, 5.74) is 1.32. The molecule has 0 bridgehead atoms. The van der Waals surface area contributed by atoms with Crippen LogP contribution in [0.3, 0.4) is 0 Å². The summed E-state index contributed by atoms with van der Waals surface area (Å²) in [7, 11) is 0. The van der Waals surface area contributed by atoms with E-state index in [9.17, 15) is 9.18 Å². The van der Waals surface area contributed by atoms with Crippen LogP contribution in [0.5, 0.6) is 11.5 Å². The molecule has 0 heterocycles. The Hall–Kier alpha value is -1.87. The minimum Gasteiger partial charge on any atom is -0.455 e. The highest BCUT2D eigenvalue weighted by Crippen LogP contribution is 2.31.